The fraction of sp³-hybridized carbons (Fsp3) is 0.611. The first-order chi connectivity index (χ1) is 10.8. The average molecular weight is 320 g/mol. The fourth-order valence-electron chi connectivity index (χ4n) is 2.70. The van der Waals surface area contributed by atoms with E-state index in [1.54, 1.807) is 0 Å². The highest BCUT2D eigenvalue weighted by atomic mass is 16.5. The van der Waals surface area contributed by atoms with Gasteiger partial charge in [-0.25, -0.2) is 4.79 Å². The van der Waals surface area contributed by atoms with Gasteiger partial charge in [-0.1, -0.05) is 43.7 Å². The highest BCUT2D eigenvalue weighted by molar-refractivity contribution is 5.74. The molecule has 0 bridgehead atoms. The van der Waals surface area contributed by atoms with Crippen molar-refractivity contribution in [2.45, 2.75) is 44.6 Å². The van der Waals surface area contributed by atoms with Crippen LogP contribution in [-0.2, 0) is 10.2 Å². The normalized spacial score (nSPS) is 17.6. The van der Waals surface area contributed by atoms with Crippen LogP contribution in [0.1, 0.15) is 37.8 Å². The Hall–Kier alpha value is -1.59. The Bertz CT molecular complexity index is 537. The van der Waals surface area contributed by atoms with Gasteiger partial charge < -0.3 is 20.5 Å². The average Bonchev–Trinajstić information content (AvgIpc) is 2.52. The summed E-state index contributed by atoms with van der Waals surface area (Å²) in [5.74, 6) is 0. The standard InChI is InChI=1S/C18H28N2O3/c1-14-5-4-6-15(11-14)17(2,3)12-19-16(21)20-13-18(22)7-9-23-10-8-18/h4-6,11,22H,7-10,12-13H2,1-3H3,(H2,19,20,21). The minimum absolute atomic E-state index is 0.154. The van der Waals surface area contributed by atoms with Crippen molar-refractivity contribution in [3.63, 3.8) is 0 Å². The summed E-state index contributed by atoms with van der Waals surface area (Å²) in [6.45, 7) is 8.15. The molecule has 5 nitrogen and oxygen atoms in total. The molecule has 1 aromatic rings. The zero-order valence-corrected chi connectivity index (χ0v) is 14.3. The summed E-state index contributed by atoms with van der Waals surface area (Å²) in [4.78, 5) is 12.0. The van der Waals surface area contributed by atoms with E-state index in [1.807, 2.05) is 6.07 Å². The lowest BCUT2D eigenvalue weighted by atomic mass is 9.84. The lowest BCUT2D eigenvalue weighted by Crippen LogP contribution is -2.50. The number of rotatable bonds is 5. The zero-order valence-electron chi connectivity index (χ0n) is 14.3. The van der Waals surface area contributed by atoms with E-state index in [0.29, 0.717) is 32.6 Å². The van der Waals surface area contributed by atoms with Crippen LogP contribution in [0, 0.1) is 6.92 Å². The maximum atomic E-state index is 12.0. The lowest BCUT2D eigenvalue weighted by molar-refractivity contribution is -0.0600. The van der Waals surface area contributed by atoms with Crippen LogP contribution in [0.4, 0.5) is 4.79 Å². The van der Waals surface area contributed by atoms with Gasteiger partial charge in [0.1, 0.15) is 0 Å². The molecule has 1 aromatic carbocycles. The molecular formula is C18H28N2O3. The molecule has 0 spiro atoms. The molecule has 1 heterocycles. The number of aryl methyl sites for hydroxylation is 1. The van der Waals surface area contributed by atoms with Crippen molar-refractivity contribution in [2.24, 2.45) is 0 Å². The molecule has 1 aliphatic heterocycles. The van der Waals surface area contributed by atoms with E-state index in [4.69, 9.17) is 4.74 Å². The van der Waals surface area contributed by atoms with Crippen LogP contribution in [0.15, 0.2) is 24.3 Å². The number of aliphatic hydroxyl groups is 1. The molecule has 128 valence electrons. The summed E-state index contributed by atoms with van der Waals surface area (Å²) in [7, 11) is 0. The number of amides is 2. The van der Waals surface area contributed by atoms with E-state index in [9.17, 15) is 9.90 Å². The Morgan fingerprint density at radius 1 is 1.30 bits per heavy atom. The summed E-state index contributed by atoms with van der Waals surface area (Å²) in [6, 6.07) is 8.08. The van der Waals surface area contributed by atoms with Crippen molar-refractivity contribution < 1.29 is 14.6 Å². The molecule has 0 unspecified atom stereocenters. The first-order valence-electron chi connectivity index (χ1n) is 8.20. The summed E-state index contributed by atoms with van der Waals surface area (Å²) < 4.78 is 5.23. The summed E-state index contributed by atoms with van der Waals surface area (Å²) in [6.07, 6.45) is 1.12. The van der Waals surface area contributed by atoms with Gasteiger partial charge in [-0.05, 0) is 12.5 Å². The SMILES string of the molecule is Cc1cccc(C(C)(C)CNC(=O)NCC2(O)CCOCC2)c1. The molecular weight excluding hydrogens is 292 g/mol. The van der Waals surface area contributed by atoms with Crippen molar-refractivity contribution in [3.8, 4) is 0 Å². The van der Waals surface area contributed by atoms with Gasteiger partial charge >= 0.3 is 6.03 Å². The molecule has 0 radical (unpaired) electrons. The number of hydrogen-bond acceptors (Lipinski definition) is 3. The second-order valence-electron chi connectivity index (χ2n) is 7.13. The third kappa shape index (κ3) is 5.22. The molecule has 2 amide bonds. The van der Waals surface area contributed by atoms with Gasteiger partial charge in [-0.15, -0.1) is 0 Å². The van der Waals surface area contributed by atoms with E-state index >= 15 is 0 Å². The van der Waals surface area contributed by atoms with E-state index in [1.165, 1.54) is 11.1 Å². The van der Waals surface area contributed by atoms with Gasteiger partial charge in [-0.2, -0.15) is 0 Å². The quantitative estimate of drug-likeness (QED) is 0.778. The lowest BCUT2D eigenvalue weighted by Gasteiger charge is -2.32. The molecule has 0 saturated carbocycles. The highest BCUT2D eigenvalue weighted by Crippen LogP contribution is 2.23. The Morgan fingerprint density at radius 2 is 2.00 bits per heavy atom. The predicted octanol–water partition coefficient (Wildman–Crippen LogP) is 2.11. The van der Waals surface area contributed by atoms with Crippen LogP contribution < -0.4 is 10.6 Å². The maximum absolute atomic E-state index is 12.0. The Balaban J connectivity index is 1.81. The number of carbonyl (C=O) groups is 1. The van der Waals surface area contributed by atoms with Crippen LogP contribution in [0.5, 0.6) is 0 Å². The molecule has 1 saturated heterocycles. The van der Waals surface area contributed by atoms with Gasteiger partial charge in [0.2, 0.25) is 0 Å². The summed E-state index contributed by atoms with van der Waals surface area (Å²) in [5, 5.41) is 16.0. The number of benzene rings is 1. The number of ether oxygens (including phenoxy) is 1. The van der Waals surface area contributed by atoms with Gasteiger partial charge in [0.15, 0.2) is 0 Å². The Morgan fingerprint density at radius 3 is 2.65 bits per heavy atom. The number of nitrogens with one attached hydrogen (secondary N) is 2. The van der Waals surface area contributed by atoms with Gasteiger partial charge in [0.25, 0.3) is 0 Å². The van der Waals surface area contributed by atoms with Crippen molar-refractivity contribution >= 4 is 6.03 Å². The fourth-order valence-corrected chi connectivity index (χ4v) is 2.70. The molecule has 23 heavy (non-hydrogen) atoms. The van der Waals surface area contributed by atoms with Crippen molar-refractivity contribution in [1.29, 1.82) is 0 Å². The first-order valence-corrected chi connectivity index (χ1v) is 8.20. The second kappa shape index (κ2) is 7.32. The van der Waals surface area contributed by atoms with E-state index in [0.717, 1.165) is 0 Å². The number of carbonyl (C=O) groups excluding carboxylic acids is 1. The minimum Gasteiger partial charge on any atom is -0.388 e. The first kappa shape index (κ1) is 17.8. The van der Waals surface area contributed by atoms with Gasteiger partial charge in [0, 0.05) is 44.6 Å². The maximum Gasteiger partial charge on any atom is 0.314 e. The second-order valence-corrected chi connectivity index (χ2v) is 7.13. The van der Waals surface area contributed by atoms with Crippen molar-refractivity contribution in [2.75, 3.05) is 26.3 Å². The zero-order chi connectivity index (χ0) is 16.9. The van der Waals surface area contributed by atoms with Gasteiger partial charge in [0.05, 0.1) is 5.60 Å². The monoisotopic (exact) mass is 320 g/mol. The molecule has 2 rings (SSSR count). The van der Waals surface area contributed by atoms with E-state index in [2.05, 4.69) is 49.6 Å². The molecule has 1 aliphatic rings. The molecule has 0 aromatic heterocycles. The van der Waals surface area contributed by atoms with Crippen LogP contribution in [0.25, 0.3) is 0 Å². The van der Waals surface area contributed by atoms with Crippen LogP contribution in [0.3, 0.4) is 0 Å². The van der Waals surface area contributed by atoms with Gasteiger partial charge in [-0.3, -0.25) is 0 Å². The molecule has 1 fully saturated rings. The largest absolute Gasteiger partial charge is 0.388 e. The number of urea groups is 1. The number of hydrogen-bond donors (Lipinski definition) is 3. The molecule has 5 heteroatoms. The summed E-state index contributed by atoms with van der Waals surface area (Å²) >= 11 is 0. The Kier molecular flexibility index (Phi) is 5.65. The minimum atomic E-state index is -0.846. The van der Waals surface area contributed by atoms with Crippen LogP contribution >= 0.6 is 0 Å². The third-order valence-electron chi connectivity index (χ3n) is 4.49. The van der Waals surface area contributed by atoms with E-state index in [-0.39, 0.29) is 18.0 Å². The van der Waals surface area contributed by atoms with Crippen LogP contribution in [0.2, 0.25) is 0 Å². The van der Waals surface area contributed by atoms with Crippen molar-refractivity contribution in [3.05, 3.63) is 35.4 Å². The van der Waals surface area contributed by atoms with Crippen LogP contribution in [-0.4, -0.2) is 43.0 Å². The van der Waals surface area contributed by atoms with Crippen molar-refractivity contribution in [1.82, 2.24) is 10.6 Å². The molecule has 3 N–H and O–H groups in total. The smallest absolute Gasteiger partial charge is 0.314 e. The topological polar surface area (TPSA) is 70.6 Å². The van der Waals surface area contributed by atoms with E-state index < -0.39 is 5.60 Å². The molecule has 0 aliphatic carbocycles. The third-order valence-corrected chi connectivity index (χ3v) is 4.49. The molecule has 0 atom stereocenters. The predicted molar refractivity (Wildman–Crippen MR) is 90.6 cm³/mol. The summed E-state index contributed by atoms with van der Waals surface area (Å²) in [5.41, 5.74) is 1.41. The highest BCUT2D eigenvalue weighted by Gasteiger charge is 2.30. The Labute approximate surface area is 138 Å².